The first-order valence-electron chi connectivity index (χ1n) is 9.80. The van der Waals surface area contributed by atoms with Crippen molar-refractivity contribution >= 4 is 45.4 Å². The van der Waals surface area contributed by atoms with Crippen LogP contribution in [0.25, 0.3) is 22.1 Å². The number of benzene rings is 2. The average molecular weight is 438 g/mol. The maximum absolute atomic E-state index is 12.5. The van der Waals surface area contributed by atoms with Crippen LogP contribution in [0, 0.1) is 0 Å². The Morgan fingerprint density at radius 3 is 2.71 bits per heavy atom. The van der Waals surface area contributed by atoms with Crippen LogP contribution in [-0.2, 0) is 18.3 Å². The van der Waals surface area contributed by atoms with Gasteiger partial charge in [-0.3, -0.25) is 4.79 Å². The van der Waals surface area contributed by atoms with Crippen LogP contribution in [-0.4, -0.2) is 45.6 Å². The number of nitrogens with one attached hydrogen (secondary N) is 1. The van der Waals surface area contributed by atoms with E-state index < -0.39 is 0 Å². The summed E-state index contributed by atoms with van der Waals surface area (Å²) in [6, 6.07) is 11.6. The van der Waals surface area contributed by atoms with Crippen LogP contribution in [0.5, 0.6) is 11.5 Å². The molecule has 0 aliphatic rings. The minimum absolute atomic E-state index is 0.136. The number of hydrogen-bond acceptors (Lipinski definition) is 7. The average Bonchev–Trinajstić information content (AvgIpc) is 3.08. The molecule has 2 aromatic heterocycles. The number of fused-ring (bicyclic) bond motifs is 3. The fourth-order valence-electron chi connectivity index (χ4n) is 3.40. The van der Waals surface area contributed by atoms with Gasteiger partial charge >= 0.3 is 0 Å². The van der Waals surface area contributed by atoms with E-state index in [4.69, 9.17) is 9.47 Å². The number of rotatable bonds is 7. The molecule has 2 heterocycles. The van der Waals surface area contributed by atoms with Gasteiger partial charge in [-0.15, -0.1) is 10.2 Å². The van der Waals surface area contributed by atoms with Crippen LogP contribution in [0.4, 0.5) is 5.69 Å². The molecule has 160 valence electrons. The Bertz CT molecular complexity index is 1270. The molecule has 0 bridgehead atoms. The SMILES string of the molecule is CCc1ccc2c(c1)c1nnc(SCC(=O)Nc3cc(OC)ccc3OC)nc1n2C. The number of anilines is 1. The maximum atomic E-state index is 12.5. The van der Waals surface area contributed by atoms with E-state index in [0.717, 1.165) is 28.5 Å². The number of hydrogen-bond donors (Lipinski definition) is 1. The van der Waals surface area contributed by atoms with Gasteiger partial charge in [-0.2, -0.15) is 0 Å². The molecule has 0 radical (unpaired) electrons. The van der Waals surface area contributed by atoms with Crippen molar-refractivity contribution in [1.29, 1.82) is 0 Å². The molecule has 0 saturated carbocycles. The van der Waals surface area contributed by atoms with E-state index >= 15 is 0 Å². The highest BCUT2D eigenvalue weighted by molar-refractivity contribution is 7.99. The summed E-state index contributed by atoms with van der Waals surface area (Å²) in [5, 5.41) is 13.0. The first-order chi connectivity index (χ1) is 15.0. The van der Waals surface area contributed by atoms with E-state index in [2.05, 4.69) is 45.6 Å². The summed E-state index contributed by atoms with van der Waals surface area (Å²) in [6.07, 6.45) is 0.953. The number of amides is 1. The number of carbonyl (C=O) groups excluding carboxylic acids is 1. The van der Waals surface area contributed by atoms with Crippen LogP contribution in [0.3, 0.4) is 0 Å². The minimum Gasteiger partial charge on any atom is -0.497 e. The lowest BCUT2D eigenvalue weighted by Crippen LogP contribution is -2.15. The highest BCUT2D eigenvalue weighted by Crippen LogP contribution is 2.30. The van der Waals surface area contributed by atoms with Gasteiger partial charge in [0.1, 0.15) is 17.0 Å². The lowest BCUT2D eigenvalue weighted by atomic mass is 10.1. The first-order valence-corrected chi connectivity index (χ1v) is 10.8. The van der Waals surface area contributed by atoms with Crippen LogP contribution in [0.1, 0.15) is 12.5 Å². The third kappa shape index (κ3) is 4.13. The molecule has 0 aliphatic heterocycles. The molecule has 1 N–H and O–H groups in total. The summed E-state index contributed by atoms with van der Waals surface area (Å²) in [5.74, 6) is 1.12. The normalized spacial score (nSPS) is 11.1. The largest absolute Gasteiger partial charge is 0.497 e. The van der Waals surface area contributed by atoms with Crippen molar-refractivity contribution < 1.29 is 14.3 Å². The standard InChI is InChI=1S/C22H23N5O3S/c1-5-13-6-8-17-15(10-13)20-21(27(17)2)24-22(26-25-20)31-12-19(28)23-16-11-14(29-3)7-9-18(16)30-4/h6-11H,5,12H2,1-4H3,(H,23,28). The molecule has 0 saturated heterocycles. The minimum atomic E-state index is -0.204. The highest BCUT2D eigenvalue weighted by Gasteiger charge is 2.15. The van der Waals surface area contributed by atoms with E-state index in [-0.39, 0.29) is 11.7 Å². The predicted octanol–water partition coefficient (Wildman–Crippen LogP) is 3.83. The van der Waals surface area contributed by atoms with Gasteiger partial charge in [0.05, 0.1) is 31.2 Å². The number of thioether (sulfide) groups is 1. The lowest BCUT2D eigenvalue weighted by Gasteiger charge is -2.11. The Balaban J connectivity index is 1.52. The Labute approximate surface area is 184 Å². The van der Waals surface area contributed by atoms with Gasteiger partial charge in [0.15, 0.2) is 5.65 Å². The molecule has 0 atom stereocenters. The first kappa shape index (κ1) is 20.9. The predicted molar refractivity (Wildman–Crippen MR) is 122 cm³/mol. The van der Waals surface area contributed by atoms with Gasteiger partial charge in [0.25, 0.3) is 0 Å². The van der Waals surface area contributed by atoms with E-state index in [9.17, 15) is 4.79 Å². The highest BCUT2D eigenvalue weighted by atomic mass is 32.2. The zero-order valence-electron chi connectivity index (χ0n) is 17.8. The Morgan fingerprint density at radius 2 is 1.97 bits per heavy atom. The fraction of sp³-hybridized carbons (Fsp3) is 0.273. The van der Waals surface area contributed by atoms with Crippen LogP contribution >= 0.6 is 11.8 Å². The zero-order chi connectivity index (χ0) is 22.0. The summed E-state index contributed by atoms with van der Waals surface area (Å²) in [6.45, 7) is 2.12. The molecule has 9 heteroatoms. The van der Waals surface area contributed by atoms with E-state index in [1.165, 1.54) is 17.3 Å². The monoisotopic (exact) mass is 437 g/mol. The second kappa shape index (κ2) is 8.81. The molecule has 4 aromatic rings. The molecule has 4 rings (SSSR count). The maximum Gasteiger partial charge on any atom is 0.234 e. The second-order valence-corrected chi connectivity index (χ2v) is 7.88. The third-order valence-electron chi connectivity index (χ3n) is 5.07. The van der Waals surface area contributed by atoms with Crippen molar-refractivity contribution in [3.8, 4) is 11.5 Å². The molecule has 0 spiro atoms. The van der Waals surface area contributed by atoms with Crippen molar-refractivity contribution in [1.82, 2.24) is 19.7 Å². The van der Waals surface area contributed by atoms with Crippen molar-refractivity contribution in [2.45, 2.75) is 18.5 Å². The van der Waals surface area contributed by atoms with Gasteiger partial charge < -0.3 is 19.4 Å². The van der Waals surface area contributed by atoms with Crippen LogP contribution in [0.15, 0.2) is 41.6 Å². The second-order valence-electron chi connectivity index (χ2n) is 6.93. The third-order valence-corrected chi connectivity index (χ3v) is 5.90. The number of carbonyl (C=O) groups is 1. The summed E-state index contributed by atoms with van der Waals surface area (Å²) in [5.41, 5.74) is 4.35. The molecular formula is C22H23N5O3S. The van der Waals surface area contributed by atoms with Crippen LogP contribution in [0.2, 0.25) is 0 Å². The number of aromatic nitrogens is 4. The van der Waals surface area contributed by atoms with Gasteiger partial charge in [-0.05, 0) is 36.2 Å². The Kier molecular flexibility index (Phi) is 5.94. The molecule has 1 amide bonds. The molecule has 0 fully saturated rings. The number of ether oxygens (including phenoxy) is 2. The van der Waals surface area contributed by atoms with Crippen molar-refractivity contribution in [3.05, 3.63) is 42.0 Å². The molecule has 0 unspecified atom stereocenters. The summed E-state index contributed by atoms with van der Waals surface area (Å²) in [4.78, 5) is 17.1. The molecule has 8 nitrogen and oxygen atoms in total. The topological polar surface area (TPSA) is 91.2 Å². The zero-order valence-corrected chi connectivity index (χ0v) is 18.6. The van der Waals surface area contributed by atoms with Gasteiger partial charge in [0, 0.05) is 18.5 Å². The fourth-order valence-corrected chi connectivity index (χ4v) is 3.98. The number of aryl methyl sites for hydroxylation is 2. The smallest absolute Gasteiger partial charge is 0.234 e. The Morgan fingerprint density at radius 1 is 1.13 bits per heavy atom. The van der Waals surface area contributed by atoms with E-state index in [0.29, 0.717) is 22.3 Å². The lowest BCUT2D eigenvalue weighted by molar-refractivity contribution is -0.113. The van der Waals surface area contributed by atoms with Crippen molar-refractivity contribution in [2.24, 2.45) is 7.05 Å². The molecule has 0 aliphatic carbocycles. The summed E-state index contributed by atoms with van der Waals surface area (Å²) >= 11 is 1.23. The summed E-state index contributed by atoms with van der Waals surface area (Å²) < 4.78 is 12.5. The van der Waals surface area contributed by atoms with Crippen molar-refractivity contribution in [2.75, 3.05) is 25.3 Å². The van der Waals surface area contributed by atoms with Gasteiger partial charge in [0.2, 0.25) is 11.1 Å². The quantitative estimate of drug-likeness (QED) is 0.439. The Hall–Kier alpha value is -3.33. The molecular weight excluding hydrogens is 414 g/mol. The van der Waals surface area contributed by atoms with Gasteiger partial charge in [-0.1, -0.05) is 24.8 Å². The van der Waals surface area contributed by atoms with E-state index in [1.54, 1.807) is 32.4 Å². The van der Waals surface area contributed by atoms with Crippen molar-refractivity contribution in [3.63, 3.8) is 0 Å². The van der Waals surface area contributed by atoms with Gasteiger partial charge in [-0.25, -0.2) is 4.98 Å². The number of nitrogens with zero attached hydrogens (tertiary/aromatic N) is 4. The number of methoxy groups -OCH3 is 2. The molecule has 31 heavy (non-hydrogen) atoms. The van der Waals surface area contributed by atoms with Crippen LogP contribution < -0.4 is 14.8 Å². The summed E-state index contributed by atoms with van der Waals surface area (Å²) in [7, 11) is 5.08. The van der Waals surface area contributed by atoms with E-state index in [1.807, 2.05) is 11.6 Å². The molecule has 2 aromatic carbocycles.